The summed E-state index contributed by atoms with van der Waals surface area (Å²) in [5.74, 6) is -1.11. The highest BCUT2D eigenvalue weighted by Crippen LogP contribution is 2.55. The molecule has 0 saturated heterocycles. The number of nitrogens with one attached hydrogen (secondary N) is 1. The summed E-state index contributed by atoms with van der Waals surface area (Å²) < 4.78 is 28.7. The highest BCUT2D eigenvalue weighted by molar-refractivity contribution is 7.70. The fourth-order valence-corrected chi connectivity index (χ4v) is 6.52. The van der Waals surface area contributed by atoms with Gasteiger partial charge in [-0.1, -0.05) is 29.3 Å². The molecule has 3 aromatic rings. The maximum atomic E-state index is 11.9. The van der Waals surface area contributed by atoms with Crippen molar-refractivity contribution in [3.8, 4) is 0 Å². The van der Waals surface area contributed by atoms with Crippen LogP contribution >= 0.6 is 38.4 Å². The van der Waals surface area contributed by atoms with Crippen LogP contribution in [0.25, 0.3) is 11.2 Å². The lowest BCUT2D eigenvalue weighted by atomic mass is 10.0. The Morgan fingerprint density at radius 1 is 1.11 bits per heavy atom. The van der Waals surface area contributed by atoms with E-state index in [9.17, 15) is 29.3 Å². The zero-order valence-corrected chi connectivity index (χ0v) is 23.0. The number of benzene rings is 1. The number of aliphatic hydroxyl groups is 3. The second kappa shape index (κ2) is 12.5. The van der Waals surface area contributed by atoms with E-state index in [0.717, 1.165) is 10.1 Å². The maximum Gasteiger partial charge on any atom is 0.340 e. The molecule has 2 aromatic heterocycles. The average molecular weight is 612 g/mol. The third-order valence-electron chi connectivity index (χ3n) is 5.20. The Morgan fingerprint density at radius 2 is 1.76 bits per heavy atom. The summed E-state index contributed by atoms with van der Waals surface area (Å²) in [5, 5.41) is 35.9. The predicted molar refractivity (Wildman–Crippen MR) is 139 cm³/mol. The number of aromatic nitrogens is 4. The van der Waals surface area contributed by atoms with Gasteiger partial charge in [-0.15, -0.1) is 0 Å². The molecule has 0 radical (unpaired) electrons. The van der Waals surface area contributed by atoms with Gasteiger partial charge in [0.05, 0.1) is 12.9 Å². The van der Waals surface area contributed by atoms with Gasteiger partial charge in [-0.05, 0) is 36.3 Å². The molecule has 3 rings (SSSR count). The summed E-state index contributed by atoms with van der Waals surface area (Å²) in [7, 11) is -9.56. The Balaban J connectivity index is 1.74. The molecule has 18 heteroatoms. The molecule has 7 N–H and O–H groups in total. The molecule has 1 aromatic carbocycles. The van der Waals surface area contributed by atoms with Gasteiger partial charge >= 0.3 is 15.2 Å². The van der Waals surface area contributed by atoms with Gasteiger partial charge < -0.3 is 39.8 Å². The maximum absolute atomic E-state index is 11.9. The number of hydrogen-bond donors (Lipinski definition) is 7. The molecule has 14 nitrogen and oxygen atoms in total. The quantitative estimate of drug-likeness (QED) is 0.115. The molecule has 1 unspecified atom stereocenters. The fraction of sp³-hybridized carbons (Fsp3) is 0.350. The molecule has 0 amide bonds. The predicted octanol–water partition coefficient (Wildman–Crippen LogP) is 2.24. The van der Waals surface area contributed by atoms with Crippen LogP contribution in [0.3, 0.4) is 0 Å². The van der Waals surface area contributed by atoms with Crippen LogP contribution in [-0.2, 0) is 20.2 Å². The van der Waals surface area contributed by atoms with Gasteiger partial charge in [0, 0.05) is 16.6 Å². The van der Waals surface area contributed by atoms with Crippen molar-refractivity contribution in [3.63, 3.8) is 0 Å². The second-order valence-electron chi connectivity index (χ2n) is 8.11. The van der Waals surface area contributed by atoms with Crippen molar-refractivity contribution in [3.05, 3.63) is 58.1 Å². The van der Waals surface area contributed by atoms with E-state index in [4.69, 9.17) is 37.5 Å². The Morgan fingerprint density at radius 3 is 2.37 bits per heavy atom. The number of nitrogens with zero attached hydrogens (tertiary/aromatic N) is 4. The molecular formula is C20H25Cl2N5O9P2. The van der Waals surface area contributed by atoms with Crippen LogP contribution in [0.2, 0.25) is 10.0 Å². The van der Waals surface area contributed by atoms with Crippen LogP contribution in [0.1, 0.15) is 18.7 Å². The van der Waals surface area contributed by atoms with Gasteiger partial charge in [0.1, 0.15) is 18.5 Å². The minimum absolute atomic E-state index is 0.116. The zero-order chi connectivity index (χ0) is 28.3. The summed E-state index contributed by atoms with van der Waals surface area (Å²) in [6.45, 7) is 0.964. The lowest BCUT2D eigenvalue weighted by Crippen LogP contribution is -2.37. The van der Waals surface area contributed by atoms with E-state index in [2.05, 4.69) is 20.3 Å². The summed E-state index contributed by atoms with van der Waals surface area (Å²) in [6.07, 6.45) is -1.83. The van der Waals surface area contributed by atoms with E-state index in [0.29, 0.717) is 15.9 Å². The molecule has 0 aliphatic heterocycles. The van der Waals surface area contributed by atoms with Crippen LogP contribution in [-0.4, -0.2) is 74.2 Å². The summed E-state index contributed by atoms with van der Waals surface area (Å²) in [5.41, 5.74) is 1.000. The van der Waals surface area contributed by atoms with Crippen LogP contribution in [0.5, 0.6) is 0 Å². The van der Waals surface area contributed by atoms with Crippen LogP contribution in [0.4, 0.5) is 5.82 Å². The first-order valence-electron chi connectivity index (χ1n) is 10.8. The number of halogens is 2. The standard InChI is InChI=1S/C20H25Cl2N5O9P2/c1-2-12(7-36-38(34,35)10-37(31,32)33)16(28)17(29)20(30)27-9-26-15-18(24-8-25-19(15)27)23-6-11-3-13(21)5-14(22)4-11/h2-5,8-9,16-17,20,28-30H,6-7,10H2,1H3,(H,34,35)(H,23,24,25)(H2,31,32,33)/b12-2-/t16-,17-,20-/m1/s1. The van der Waals surface area contributed by atoms with Crippen molar-refractivity contribution >= 4 is 55.4 Å². The third kappa shape index (κ3) is 8.04. The molecule has 38 heavy (non-hydrogen) atoms. The number of fused-ring (bicyclic) bond motifs is 1. The van der Waals surface area contributed by atoms with Gasteiger partial charge in [0.25, 0.3) is 0 Å². The first-order chi connectivity index (χ1) is 17.7. The molecule has 4 atom stereocenters. The van der Waals surface area contributed by atoms with E-state index < -0.39 is 46.1 Å². The topological polar surface area (TPSA) is 220 Å². The Bertz CT molecular complexity index is 1400. The lowest BCUT2D eigenvalue weighted by Gasteiger charge is -2.26. The normalized spacial score (nSPS) is 16.7. The van der Waals surface area contributed by atoms with Crippen molar-refractivity contribution in [2.45, 2.75) is 31.9 Å². The van der Waals surface area contributed by atoms with Crippen molar-refractivity contribution < 1.29 is 43.7 Å². The molecule has 2 heterocycles. The SMILES string of the molecule is C/C=C(/COP(=O)(O)CP(=O)(O)O)[C@@H](O)[C@@H](O)[C@@H](O)n1cnc2c(NCc3cc(Cl)cc(Cl)c3)ncnc21. The molecule has 0 fully saturated rings. The van der Waals surface area contributed by atoms with Crippen LogP contribution in [0.15, 0.2) is 42.5 Å². The number of aliphatic hydroxyl groups excluding tert-OH is 3. The fourth-order valence-electron chi connectivity index (χ4n) is 3.41. The first kappa shape index (κ1) is 30.6. The lowest BCUT2D eigenvalue weighted by molar-refractivity contribution is -0.0795. The molecule has 208 valence electrons. The van der Waals surface area contributed by atoms with Crippen molar-refractivity contribution in [1.29, 1.82) is 0 Å². The molecule has 0 spiro atoms. The molecule has 0 aliphatic rings. The smallest absolute Gasteiger partial charge is 0.340 e. The Labute approximate surface area is 226 Å². The van der Waals surface area contributed by atoms with Crippen LogP contribution < -0.4 is 5.32 Å². The Kier molecular flexibility index (Phi) is 10.1. The number of allylic oxidation sites excluding steroid dienone is 1. The second-order valence-corrected chi connectivity index (χ2v) is 13.0. The van der Waals surface area contributed by atoms with Gasteiger partial charge in [-0.25, -0.2) is 15.0 Å². The number of anilines is 1. The van der Waals surface area contributed by atoms with Crippen LogP contribution in [0, 0.1) is 0 Å². The van der Waals surface area contributed by atoms with Crippen molar-refractivity contribution in [1.82, 2.24) is 19.5 Å². The minimum atomic E-state index is -4.85. The summed E-state index contributed by atoms with van der Waals surface area (Å²) in [4.78, 5) is 39.9. The average Bonchev–Trinajstić information content (AvgIpc) is 3.24. The van der Waals surface area contributed by atoms with E-state index in [-0.39, 0.29) is 23.3 Å². The number of imidazole rings is 1. The van der Waals surface area contributed by atoms with Crippen molar-refractivity contribution in [2.75, 3.05) is 17.8 Å². The third-order valence-corrected chi connectivity index (χ3v) is 9.07. The van der Waals surface area contributed by atoms with E-state index in [1.807, 2.05) is 0 Å². The molecule has 0 bridgehead atoms. The van der Waals surface area contributed by atoms with Gasteiger partial charge in [-0.3, -0.25) is 13.7 Å². The first-order valence-corrected chi connectivity index (χ1v) is 15.1. The van der Waals surface area contributed by atoms with Gasteiger partial charge in [0.2, 0.25) is 0 Å². The Hall–Kier alpha value is -1.93. The zero-order valence-electron chi connectivity index (χ0n) is 19.7. The highest BCUT2D eigenvalue weighted by atomic mass is 35.5. The van der Waals surface area contributed by atoms with E-state index >= 15 is 0 Å². The highest BCUT2D eigenvalue weighted by Gasteiger charge is 2.34. The monoisotopic (exact) mass is 611 g/mol. The van der Waals surface area contributed by atoms with Gasteiger partial charge in [-0.2, -0.15) is 0 Å². The molecule has 0 aliphatic carbocycles. The van der Waals surface area contributed by atoms with Crippen molar-refractivity contribution in [2.24, 2.45) is 0 Å². The summed E-state index contributed by atoms with van der Waals surface area (Å²) in [6, 6.07) is 5.01. The number of hydrogen-bond acceptors (Lipinski definition) is 10. The minimum Gasteiger partial charge on any atom is -0.386 e. The van der Waals surface area contributed by atoms with E-state index in [1.54, 1.807) is 18.2 Å². The van der Waals surface area contributed by atoms with E-state index in [1.165, 1.54) is 25.7 Å². The largest absolute Gasteiger partial charge is 0.386 e. The molecule has 0 saturated carbocycles. The summed E-state index contributed by atoms with van der Waals surface area (Å²) >= 11 is 12.1. The number of rotatable bonds is 12. The van der Waals surface area contributed by atoms with Gasteiger partial charge in [0.15, 0.2) is 29.1 Å². The molecular weight excluding hydrogens is 587 g/mol.